The maximum Gasteiger partial charge on any atom is 0.0121 e. The summed E-state index contributed by atoms with van der Waals surface area (Å²) in [5.41, 5.74) is 6.11. The van der Waals surface area contributed by atoms with E-state index in [0.717, 1.165) is 18.9 Å². The Labute approximate surface area is 82.5 Å². The second-order valence-corrected chi connectivity index (χ2v) is 4.89. The van der Waals surface area contributed by atoms with E-state index in [2.05, 4.69) is 32.7 Å². The first-order valence-corrected chi connectivity index (χ1v) is 5.42. The van der Waals surface area contributed by atoms with Crippen LogP contribution in [0.4, 0.5) is 0 Å². The second-order valence-electron chi connectivity index (χ2n) is 4.89. The third-order valence-corrected chi connectivity index (χ3v) is 4.34. The highest BCUT2D eigenvalue weighted by molar-refractivity contribution is 4.93. The van der Waals surface area contributed by atoms with Gasteiger partial charge < -0.3 is 10.6 Å². The van der Waals surface area contributed by atoms with Gasteiger partial charge in [0.15, 0.2) is 0 Å². The van der Waals surface area contributed by atoms with Gasteiger partial charge in [-0.15, -0.1) is 0 Å². The summed E-state index contributed by atoms with van der Waals surface area (Å²) < 4.78 is 0. The molecule has 1 rings (SSSR count). The molecule has 1 saturated heterocycles. The maximum atomic E-state index is 5.70. The lowest BCUT2D eigenvalue weighted by Crippen LogP contribution is -2.52. The lowest BCUT2D eigenvalue weighted by atomic mass is 9.66. The summed E-state index contributed by atoms with van der Waals surface area (Å²) in [6, 6.07) is 0.666. The van der Waals surface area contributed by atoms with Gasteiger partial charge in [-0.1, -0.05) is 13.8 Å². The minimum atomic E-state index is 0.418. The molecule has 1 aliphatic heterocycles. The van der Waals surface area contributed by atoms with Crippen LogP contribution in [0.3, 0.4) is 0 Å². The monoisotopic (exact) mass is 184 g/mol. The van der Waals surface area contributed by atoms with E-state index in [1.165, 1.54) is 13.0 Å². The molecule has 1 aliphatic rings. The van der Waals surface area contributed by atoms with Crippen molar-refractivity contribution < 1.29 is 0 Å². The zero-order chi connectivity index (χ0) is 10.1. The first kappa shape index (κ1) is 11.0. The SMILES string of the molecule is CC1CCN(C)C(C)C1(C)CCN. The highest BCUT2D eigenvalue weighted by Crippen LogP contribution is 2.41. The molecule has 2 nitrogen and oxygen atoms in total. The summed E-state index contributed by atoms with van der Waals surface area (Å²) in [4.78, 5) is 2.47. The molecule has 0 bridgehead atoms. The highest BCUT2D eigenvalue weighted by atomic mass is 15.1. The van der Waals surface area contributed by atoms with Crippen LogP contribution in [0.15, 0.2) is 0 Å². The average molecular weight is 184 g/mol. The number of piperidine rings is 1. The van der Waals surface area contributed by atoms with Crippen molar-refractivity contribution in [3.05, 3.63) is 0 Å². The van der Waals surface area contributed by atoms with Gasteiger partial charge in [0.05, 0.1) is 0 Å². The molecule has 0 aromatic carbocycles. The molecule has 78 valence electrons. The van der Waals surface area contributed by atoms with Crippen LogP contribution in [0.5, 0.6) is 0 Å². The second kappa shape index (κ2) is 3.97. The van der Waals surface area contributed by atoms with Crippen LogP contribution in [0.1, 0.15) is 33.6 Å². The van der Waals surface area contributed by atoms with Gasteiger partial charge in [0, 0.05) is 6.04 Å². The summed E-state index contributed by atoms with van der Waals surface area (Å²) in [6.45, 7) is 9.16. The smallest absolute Gasteiger partial charge is 0.0121 e. The van der Waals surface area contributed by atoms with Crippen LogP contribution < -0.4 is 5.73 Å². The van der Waals surface area contributed by atoms with E-state index in [9.17, 15) is 0 Å². The van der Waals surface area contributed by atoms with E-state index < -0.39 is 0 Å². The Balaban J connectivity index is 2.75. The van der Waals surface area contributed by atoms with Crippen molar-refractivity contribution in [3.63, 3.8) is 0 Å². The third-order valence-electron chi connectivity index (χ3n) is 4.34. The molecule has 0 aromatic heterocycles. The molecule has 0 spiro atoms. The first-order chi connectivity index (χ1) is 6.02. The Morgan fingerprint density at radius 1 is 1.46 bits per heavy atom. The average Bonchev–Trinajstić information content (AvgIpc) is 2.10. The number of nitrogens with two attached hydrogens (primary N) is 1. The quantitative estimate of drug-likeness (QED) is 0.708. The van der Waals surface area contributed by atoms with Crippen LogP contribution in [0.25, 0.3) is 0 Å². The van der Waals surface area contributed by atoms with Gasteiger partial charge in [-0.05, 0) is 51.2 Å². The number of likely N-dealkylation sites (tertiary alicyclic amines) is 1. The molecule has 0 radical (unpaired) electrons. The summed E-state index contributed by atoms with van der Waals surface area (Å²) in [6.07, 6.45) is 2.47. The summed E-state index contributed by atoms with van der Waals surface area (Å²) in [5.74, 6) is 0.808. The van der Waals surface area contributed by atoms with Gasteiger partial charge in [0.1, 0.15) is 0 Å². The van der Waals surface area contributed by atoms with Crippen LogP contribution in [0.2, 0.25) is 0 Å². The van der Waals surface area contributed by atoms with Crippen LogP contribution in [0, 0.1) is 11.3 Å². The van der Waals surface area contributed by atoms with E-state index in [1.54, 1.807) is 0 Å². The van der Waals surface area contributed by atoms with Crippen molar-refractivity contribution in [1.82, 2.24) is 4.90 Å². The molecule has 13 heavy (non-hydrogen) atoms. The predicted molar refractivity (Wildman–Crippen MR) is 57.7 cm³/mol. The highest BCUT2D eigenvalue weighted by Gasteiger charge is 2.40. The van der Waals surface area contributed by atoms with Crippen molar-refractivity contribution in [2.24, 2.45) is 17.1 Å². The molecule has 0 amide bonds. The van der Waals surface area contributed by atoms with Gasteiger partial charge >= 0.3 is 0 Å². The van der Waals surface area contributed by atoms with Crippen molar-refractivity contribution in [1.29, 1.82) is 0 Å². The molecule has 3 atom stereocenters. The Hall–Kier alpha value is -0.0800. The van der Waals surface area contributed by atoms with E-state index in [-0.39, 0.29) is 0 Å². The van der Waals surface area contributed by atoms with Crippen molar-refractivity contribution >= 4 is 0 Å². The molecule has 0 saturated carbocycles. The minimum Gasteiger partial charge on any atom is -0.330 e. The molecule has 1 heterocycles. The van der Waals surface area contributed by atoms with Gasteiger partial charge in [0.2, 0.25) is 0 Å². The zero-order valence-corrected chi connectivity index (χ0v) is 9.51. The van der Waals surface area contributed by atoms with Crippen molar-refractivity contribution in [2.75, 3.05) is 20.1 Å². The van der Waals surface area contributed by atoms with Gasteiger partial charge in [0.25, 0.3) is 0 Å². The van der Waals surface area contributed by atoms with E-state index in [1.807, 2.05) is 0 Å². The lowest BCUT2D eigenvalue weighted by molar-refractivity contribution is 0.00252. The fraction of sp³-hybridized carbons (Fsp3) is 1.00. The Kier molecular flexibility index (Phi) is 3.36. The minimum absolute atomic E-state index is 0.418. The van der Waals surface area contributed by atoms with E-state index in [4.69, 9.17) is 5.73 Å². The maximum absolute atomic E-state index is 5.70. The molecular weight excluding hydrogens is 160 g/mol. The Bertz CT molecular complexity index is 169. The van der Waals surface area contributed by atoms with Crippen molar-refractivity contribution in [2.45, 2.75) is 39.7 Å². The largest absolute Gasteiger partial charge is 0.330 e. The molecule has 2 N–H and O–H groups in total. The molecule has 1 fully saturated rings. The number of nitrogens with zero attached hydrogens (tertiary/aromatic N) is 1. The summed E-state index contributed by atoms with van der Waals surface area (Å²) in [7, 11) is 2.23. The van der Waals surface area contributed by atoms with Crippen LogP contribution >= 0.6 is 0 Å². The third kappa shape index (κ3) is 1.89. The summed E-state index contributed by atoms with van der Waals surface area (Å²) >= 11 is 0. The lowest BCUT2D eigenvalue weighted by Gasteiger charge is -2.49. The predicted octanol–water partition coefficient (Wildman–Crippen LogP) is 1.70. The number of hydrogen-bond donors (Lipinski definition) is 1. The first-order valence-electron chi connectivity index (χ1n) is 5.42. The molecule has 2 heteroatoms. The Morgan fingerprint density at radius 3 is 2.62 bits per heavy atom. The molecule has 0 aliphatic carbocycles. The van der Waals surface area contributed by atoms with Gasteiger partial charge in [-0.3, -0.25) is 0 Å². The topological polar surface area (TPSA) is 29.3 Å². The van der Waals surface area contributed by atoms with E-state index in [0.29, 0.717) is 11.5 Å². The fourth-order valence-corrected chi connectivity index (χ4v) is 2.60. The number of hydrogen-bond acceptors (Lipinski definition) is 2. The molecule has 3 unspecified atom stereocenters. The summed E-state index contributed by atoms with van der Waals surface area (Å²) in [5, 5.41) is 0. The Morgan fingerprint density at radius 2 is 2.08 bits per heavy atom. The van der Waals surface area contributed by atoms with Crippen LogP contribution in [-0.4, -0.2) is 31.1 Å². The standard InChI is InChI=1S/C11H24N2/c1-9-5-8-13(4)10(2)11(9,3)6-7-12/h9-10H,5-8,12H2,1-4H3. The molecular formula is C11H24N2. The molecule has 0 aromatic rings. The van der Waals surface area contributed by atoms with Crippen molar-refractivity contribution in [3.8, 4) is 0 Å². The van der Waals surface area contributed by atoms with E-state index >= 15 is 0 Å². The normalized spacial score (nSPS) is 42.2. The van der Waals surface area contributed by atoms with Gasteiger partial charge in [-0.2, -0.15) is 0 Å². The number of rotatable bonds is 2. The van der Waals surface area contributed by atoms with Crippen LogP contribution in [-0.2, 0) is 0 Å². The fourth-order valence-electron chi connectivity index (χ4n) is 2.60. The zero-order valence-electron chi connectivity index (χ0n) is 9.51. The van der Waals surface area contributed by atoms with Gasteiger partial charge in [-0.25, -0.2) is 0 Å².